The summed E-state index contributed by atoms with van der Waals surface area (Å²) in [5.74, 6) is -1.93. The summed E-state index contributed by atoms with van der Waals surface area (Å²) in [6, 6.07) is 13.7. The van der Waals surface area contributed by atoms with Gasteiger partial charge in [-0.05, 0) is 48.6 Å². The first-order valence-corrected chi connectivity index (χ1v) is 10.0. The van der Waals surface area contributed by atoms with Gasteiger partial charge in [-0.25, -0.2) is 0 Å². The second-order valence-electron chi connectivity index (χ2n) is 6.08. The lowest BCUT2D eigenvalue weighted by Gasteiger charge is -2.13. The van der Waals surface area contributed by atoms with Crippen molar-refractivity contribution in [1.29, 1.82) is 0 Å². The molecule has 0 saturated carbocycles. The summed E-state index contributed by atoms with van der Waals surface area (Å²) >= 11 is 5.56. The smallest absolute Gasteiger partial charge is 0.288 e. The van der Waals surface area contributed by atoms with Crippen LogP contribution in [0.3, 0.4) is 0 Å². The summed E-state index contributed by atoms with van der Waals surface area (Å²) in [5.41, 5.74) is 1.80. The highest BCUT2D eigenvalue weighted by Crippen LogP contribution is 2.27. The topological polar surface area (TPSA) is 74.7 Å². The third-order valence-corrected chi connectivity index (χ3v) is 5.22. The van der Waals surface area contributed by atoms with Crippen molar-refractivity contribution in [3.05, 3.63) is 64.7 Å². The maximum atomic E-state index is 12.6. The molecule has 0 atom stereocenters. The number of anilines is 2. The molecule has 3 N–H and O–H groups in total. The van der Waals surface area contributed by atoms with Gasteiger partial charge in [0, 0.05) is 30.6 Å². The zero-order valence-corrected chi connectivity index (χ0v) is 17.1. The van der Waals surface area contributed by atoms with Crippen LogP contribution < -0.4 is 10.6 Å². The van der Waals surface area contributed by atoms with E-state index in [4.69, 9.17) is 12.2 Å². The van der Waals surface area contributed by atoms with E-state index in [1.165, 1.54) is 0 Å². The van der Waals surface area contributed by atoms with Gasteiger partial charge in [-0.3, -0.25) is 9.89 Å². The first kappa shape index (κ1) is 21.0. The minimum atomic E-state index is -2.46. The molecule has 0 fully saturated rings. The van der Waals surface area contributed by atoms with Crippen LogP contribution in [0.25, 0.3) is 0 Å². The number of aromatic amines is 1. The van der Waals surface area contributed by atoms with Crippen LogP contribution in [0.5, 0.6) is 0 Å². The third kappa shape index (κ3) is 5.64. The molecular formula is C19H19F2N5OS2. The molecule has 3 rings (SSSR count). The molecule has 6 nitrogen and oxygen atoms in total. The lowest BCUT2D eigenvalue weighted by atomic mass is 10.1. The largest absolute Gasteiger partial charge is 0.355 e. The van der Waals surface area contributed by atoms with E-state index in [0.29, 0.717) is 51.3 Å². The Balaban J connectivity index is 1.64. The molecule has 2 aromatic carbocycles. The van der Waals surface area contributed by atoms with Gasteiger partial charge in [-0.1, -0.05) is 23.9 Å². The van der Waals surface area contributed by atoms with Crippen LogP contribution in [0.15, 0.2) is 53.4 Å². The Kier molecular flexibility index (Phi) is 6.99. The molecule has 0 bridgehead atoms. The van der Waals surface area contributed by atoms with E-state index < -0.39 is 5.76 Å². The zero-order chi connectivity index (χ0) is 20.8. The molecule has 152 valence electrons. The Bertz CT molecular complexity index is 1030. The lowest BCUT2D eigenvalue weighted by molar-refractivity contribution is 0.0954. The number of hydrogen-bond donors (Lipinski definition) is 3. The fourth-order valence-electron chi connectivity index (χ4n) is 2.65. The van der Waals surface area contributed by atoms with E-state index in [2.05, 4.69) is 20.8 Å². The quantitative estimate of drug-likeness (QED) is 0.359. The number of nitrogens with one attached hydrogen (secondary N) is 3. The number of benzene rings is 2. The Hall–Kier alpha value is -2.72. The van der Waals surface area contributed by atoms with Crippen molar-refractivity contribution >= 4 is 41.3 Å². The van der Waals surface area contributed by atoms with Crippen LogP contribution in [-0.2, 0) is 13.5 Å². The van der Waals surface area contributed by atoms with E-state index in [1.54, 1.807) is 47.0 Å². The molecular weight excluding hydrogens is 416 g/mol. The van der Waals surface area contributed by atoms with Gasteiger partial charge < -0.3 is 15.2 Å². The molecule has 1 heterocycles. The number of para-hydroxylation sites is 1. The number of amides is 1. The van der Waals surface area contributed by atoms with Crippen molar-refractivity contribution in [3.8, 4) is 0 Å². The number of nitrogens with zero attached hydrogens (tertiary/aromatic N) is 2. The number of carbonyl (C=O) groups is 1. The van der Waals surface area contributed by atoms with Gasteiger partial charge in [0.05, 0.1) is 11.3 Å². The zero-order valence-electron chi connectivity index (χ0n) is 15.5. The number of halogens is 2. The molecule has 0 aliphatic carbocycles. The fourth-order valence-corrected chi connectivity index (χ4v) is 3.30. The van der Waals surface area contributed by atoms with E-state index in [9.17, 15) is 13.6 Å². The number of carbonyl (C=O) groups excluding carboxylic acids is 1. The maximum absolute atomic E-state index is 12.6. The van der Waals surface area contributed by atoms with Crippen molar-refractivity contribution in [2.45, 2.75) is 17.1 Å². The van der Waals surface area contributed by atoms with Crippen molar-refractivity contribution in [2.24, 2.45) is 7.05 Å². The highest BCUT2D eigenvalue weighted by atomic mass is 32.2. The normalized spacial score (nSPS) is 10.9. The summed E-state index contributed by atoms with van der Waals surface area (Å²) in [7, 11) is 1.81. The summed E-state index contributed by atoms with van der Waals surface area (Å²) in [5, 5.41) is 12.9. The molecule has 10 heteroatoms. The average Bonchev–Trinajstić information content (AvgIpc) is 3.01. The molecule has 0 aliphatic rings. The number of alkyl halides is 2. The molecule has 0 radical (unpaired) electrons. The summed E-state index contributed by atoms with van der Waals surface area (Å²) in [6.07, 6.45) is 0.536. The van der Waals surface area contributed by atoms with Crippen molar-refractivity contribution < 1.29 is 13.6 Å². The number of rotatable bonds is 8. The monoisotopic (exact) mass is 435 g/mol. The van der Waals surface area contributed by atoms with E-state index in [0.717, 1.165) is 5.82 Å². The Labute approximate surface area is 175 Å². The van der Waals surface area contributed by atoms with Gasteiger partial charge in [-0.15, -0.1) is 0 Å². The SMILES string of the molecule is Cn1c(CCNC(=O)c2ccccc2Nc2ccc(SC(F)F)cc2)n[nH]c1=S. The van der Waals surface area contributed by atoms with Crippen LogP contribution in [0.2, 0.25) is 0 Å². The minimum Gasteiger partial charge on any atom is -0.355 e. The Morgan fingerprint density at radius 3 is 2.62 bits per heavy atom. The van der Waals surface area contributed by atoms with E-state index in [-0.39, 0.29) is 5.91 Å². The van der Waals surface area contributed by atoms with Crippen LogP contribution in [0.1, 0.15) is 16.2 Å². The second kappa shape index (κ2) is 9.66. The molecule has 1 amide bonds. The van der Waals surface area contributed by atoms with Crippen molar-refractivity contribution in [3.63, 3.8) is 0 Å². The molecule has 0 unspecified atom stereocenters. The van der Waals surface area contributed by atoms with E-state index >= 15 is 0 Å². The van der Waals surface area contributed by atoms with Crippen LogP contribution in [-0.4, -0.2) is 33.0 Å². The fraction of sp³-hybridized carbons (Fsp3) is 0.211. The number of hydrogen-bond acceptors (Lipinski definition) is 5. The van der Waals surface area contributed by atoms with Crippen LogP contribution in [0.4, 0.5) is 20.2 Å². The van der Waals surface area contributed by atoms with Gasteiger partial charge in [0.1, 0.15) is 5.82 Å². The average molecular weight is 436 g/mol. The molecule has 3 aromatic rings. The van der Waals surface area contributed by atoms with E-state index in [1.807, 2.05) is 13.1 Å². The van der Waals surface area contributed by atoms with Gasteiger partial charge in [-0.2, -0.15) is 13.9 Å². The third-order valence-electron chi connectivity index (χ3n) is 4.14. The van der Waals surface area contributed by atoms with Gasteiger partial charge in [0.15, 0.2) is 4.77 Å². The Morgan fingerprint density at radius 1 is 1.24 bits per heavy atom. The highest BCUT2D eigenvalue weighted by Gasteiger charge is 2.12. The standard InChI is InChI=1S/C19H19F2N5OS2/c1-26-16(24-25-19(26)28)10-11-22-17(27)14-4-2-3-5-15(14)23-12-6-8-13(9-7-12)29-18(20)21/h2-9,18,23H,10-11H2,1H3,(H,22,27)(H,25,28). The molecule has 1 aromatic heterocycles. The molecule has 0 aliphatic heterocycles. The predicted molar refractivity (Wildman–Crippen MR) is 112 cm³/mol. The Morgan fingerprint density at radius 2 is 1.97 bits per heavy atom. The first-order chi connectivity index (χ1) is 13.9. The molecule has 0 saturated heterocycles. The van der Waals surface area contributed by atoms with Gasteiger partial charge >= 0.3 is 0 Å². The lowest BCUT2D eigenvalue weighted by Crippen LogP contribution is -2.27. The molecule has 29 heavy (non-hydrogen) atoms. The summed E-state index contributed by atoms with van der Waals surface area (Å²) in [4.78, 5) is 13.1. The van der Waals surface area contributed by atoms with Gasteiger partial charge in [0.25, 0.3) is 11.7 Å². The van der Waals surface area contributed by atoms with Gasteiger partial charge in [0.2, 0.25) is 0 Å². The number of aromatic nitrogens is 3. The summed E-state index contributed by atoms with van der Waals surface area (Å²) in [6.45, 7) is 0.403. The summed E-state index contributed by atoms with van der Waals surface area (Å²) < 4.78 is 27.2. The predicted octanol–water partition coefficient (Wildman–Crippen LogP) is 4.51. The number of H-pyrrole nitrogens is 1. The highest BCUT2D eigenvalue weighted by molar-refractivity contribution is 7.99. The van der Waals surface area contributed by atoms with Crippen LogP contribution in [0, 0.1) is 4.77 Å². The van der Waals surface area contributed by atoms with Crippen molar-refractivity contribution in [1.82, 2.24) is 20.1 Å². The van der Waals surface area contributed by atoms with Crippen LogP contribution >= 0.6 is 24.0 Å². The first-order valence-electron chi connectivity index (χ1n) is 8.73. The van der Waals surface area contributed by atoms with Crippen molar-refractivity contribution in [2.75, 3.05) is 11.9 Å². The minimum absolute atomic E-state index is 0.227. The maximum Gasteiger partial charge on any atom is 0.288 e. The molecule has 0 spiro atoms. The number of thioether (sulfide) groups is 1. The second-order valence-corrected chi connectivity index (χ2v) is 7.53.